The average Bonchev–Trinajstić information content (AvgIpc) is 2.12. The van der Waals surface area contributed by atoms with Crippen LogP contribution in [0.3, 0.4) is 0 Å². The fourth-order valence-corrected chi connectivity index (χ4v) is 1.55. The standard InChI is InChI=1S/C10H8BrF3O2/c1-6(15)16-5-7-4-8(11)2-3-9(7)10(12,13)14/h2-4H,5H2,1H3. The third kappa shape index (κ3) is 3.52. The monoisotopic (exact) mass is 296 g/mol. The smallest absolute Gasteiger partial charge is 0.416 e. The molecule has 0 aliphatic heterocycles. The zero-order valence-corrected chi connectivity index (χ0v) is 9.85. The minimum Gasteiger partial charge on any atom is -0.461 e. The highest BCUT2D eigenvalue weighted by Gasteiger charge is 2.33. The Morgan fingerprint density at radius 3 is 2.56 bits per heavy atom. The van der Waals surface area contributed by atoms with Gasteiger partial charge in [0.1, 0.15) is 6.61 Å². The van der Waals surface area contributed by atoms with Gasteiger partial charge in [-0.1, -0.05) is 15.9 Å². The van der Waals surface area contributed by atoms with Crippen molar-refractivity contribution in [1.82, 2.24) is 0 Å². The molecule has 0 aliphatic carbocycles. The summed E-state index contributed by atoms with van der Waals surface area (Å²) in [7, 11) is 0. The lowest BCUT2D eigenvalue weighted by Gasteiger charge is -2.12. The number of hydrogen-bond acceptors (Lipinski definition) is 2. The van der Waals surface area contributed by atoms with E-state index in [1.807, 2.05) is 0 Å². The highest BCUT2D eigenvalue weighted by atomic mass is 79.9. The second-order valence-electron chi connectivity index (χ2n) is 3.08. The first kappa shape index (κ1) is 13.0. The van der Waals surface area contributed by atoms with Gasteiger partial charge in [0, 0.05) is 17.0 Å². The lowest BCUT2D eigenvalue weighted by atomic mass is 10.1. The van der Waals surface area contributed by atoms with Gasteiger partial charge in [-0.15, -0.1) is 0 Å². The summed E-state index contributed by atoms with van der Waals surface area (Å²) in [6.45, 7) is 0.759. The number of carbonyl (C=O) groups is 1. The van der Waals surface area contributed by atoms with E-state index in [4.69, 9.17) is 0 Å². The highest BCUT2D eigenvalue weighted by Crippen LogP contribution is 2.33. The zero-order chi connectivity index (χ0) is 12.3. The summed E-state index contributed by atoms with van der Waals surface area (Å²) in [4.78, 5) is 10.5. The summed E-state index contributed by atoms with van der Waals surface area (Å²) in [5, 5.41) is 0. The summed E-state index contributed by atoms with van der Waals surface area (Å²) in [5.41, 5.74) is -0.867. The van der Waals surface area contributed by atoms with Crippen molar-refractivity contribution < 1.29 is 22.7 Å². The Bertz CT molecular complexity index is 402. The topological polar surface area (TPSA) is 26.3 Å². The van der Waals surface area contributed by atoms with Gasteiger partial charge in [0.2, 0.25) is 0 Å². The van der Waals surface area contributed by atoms with Crippen molar-refractivity contribution in [3.05, 3.63) is 33.8 Å². The predicted molar refractivity (Wildman–Crippen MR) is 54.6 cm³/mol. The Morgan fingerprint density at radius 2 is 2.06 bits per heavy atom. The Labute approximate surface area is 98.5 Å². The van der Waals surface area contributed by atoms with Gasteiger partial charge in [0.05, 0.1) is 5.56 Å². The second kappa shape index (κ2) is 4.86. The highest BCUT2D eigenvalue weighted by molar-refractivity contribution is 9.10. The molecule has 0 bridgehead atoms. The molecule has 1 rings (SSSR count). The van der Waals surface area contributed by atoms with Crippen molar-refractivity contribution in [2.45, 2.75) is 19.7 Å². The first-order chi connectivity index (χ1) is 7.30. The van der Waals surface area contributed by atoms with E-state index in [-0.39, 0.29) is 12.2 Å². The normalized spacial score (nSPS) is 11.3. The second-order valence-corrected chi connectivity index (χ2v) is 4.00. The number of alkyl halides is 3. The van der Waals surface area contributed by atoms with Crippen molar-refractivity contribution >= 4 is 21.9 Å². The molecule has 2 nitrogen and oxygen atoms in total. The number of carbonyl (C=O) groups excluding carboxylic acids is 1. The Balaban J connectivity index is 3.04. The number of halogens is 4. The van der Waals surface area contributed by atoms with Crippen LogP contribution in [0.5, 0.6) is 0 Å². The molecular weight excluding hydrogens is 289 g/mol. The lowest BCUT2D eigenvalue weighted by Crippen LogP contribution is -2.11. The third-order valence-corrected chi connectivity index (χ3v) is 2.30. The maximum Gasteiger partial charge on any atom is 0.416 e. The zero-order valence-electron chi connectivity index (χ0n) is 8.27. The van der Waals surface area contributed by atoms with Crippen LogP contribution >= 0.6 is 15.9 Å². The molecule has 88 valence electrons. The molecular formula is C10H8BrF3O2. The molecule has 0 spiro atoms. The molecule has 0 fully saturated rings. The van der Waals surface area contributed by atoms with Gasteiger partial charge in [-0.3, -0.25) is 4.79 Å². The van der Waals surface area contributed by atoms with Crippen LogP contribution in [0.25, 0.3) is 0 Å². The molecule has 0 amide bonds. The lowest BCUT2D eigenvalue weighted by molar-refractivity contribution is -0.145. The Morgan fingerprint density at radius 1 is 1.44 bits per heavy atom. The van der Waals surface area contributed by atoms with Crippen LogP contribution in [-0.4, -0.2) is 5.97 Å². The van der Waals surface area contributed by atoms with E-state index < -0.39 is 17.7 Å². The first-order valence-electron chi connectivity index (χ1n) is 4.29. The molecule has 0 aliphatic rings. The molecule has 16 heavy (non-hydrogen) atoms. The summed E-state index contributed by atoms with van der Waals surface area (Å²) in [6.07, 6.45) is -4.45. The number of hydrogen-bond donors (Lipinski definition) is 0. The van der Waals surface area contributed by atoms with Crippen LogP contribution in [0.4, 0.5) is 13.2 Å². The van der Waals surface area contributed by atoms with Crippen molar-refractivity contribution in [3.8, 4) is 0 Å². The molecule has 0 atom stereocenters. The number of esters is 1. The number of rotatable bonds is 2. The van der Waals surface area contributed by atoms with E-state index in [0.29, 0.717) is 4.47 Å². The molecule has 0 saturated heterocycles. The number of ether oxygens (including phenoxy) is 1. The summed E-state index contributed by atoms with van der Waals surface area (Å²) < 4.78 is 42.7. The SMILES string of the molecule is CC(=O)OCc1cc(Br)ccc1C(F)(F)F. The predicted octanol–water partition coefficient (Wildman–Crippen LogP) is 3.53. The minimum absolute atomic E-state index is 0.0722. The van der Waals surface area contributed by atoms with Gasteiger partial charge in [0.25, 0.3) is 0 Å². The van der Waals surface area contributed by atoms with E-state index >= 15 is 0 Å². The molecule has 0 N–H and O–H groups in total. The molecule has 6 heteroatoms. The van der Waals surface area contributed by atoms with Gasteiger partial charge < -0.3 is 4.74 Å². The van der Waals surface area contributed by atoms with Crippen molar-refractivity contribution in [3.63, 3.8) is 0 Å². The Kier molecular flexibility index (Phi) is 3.96. The molecule has 0 radical (unpaired) electrons. The number of benzene rings is 1. The largest absolute Gasteiger partial charge is 0.461 e. The quantitative estimate of drug-likeness (QED) is 0.781. The summed E-state index contributed by atoms with van der Waals surface area (Å²) >= 11 is 3.06. The molecule has 0 heterocycles. The molecule has 0 aromatic heterocycles. The summed E-state index contributed by atoms with van der Waals surface area (Å²) in [6, 6.07) is 3.52. The van der Waals surface area contributed by atoms with E-state index in [2.05, 4.69) is 20.7 Å². The minimum atomic E-state index is -4.45. The van der Waals surface area contributed by atoms with Crippen molar-refractivity contribution in [2.75, 3.05) is 0 Å². The Hall–Kier alpha value is -1.04. The fourth-order valence-electron chi connectivity index (χ4n) is 1.14. The van der Waals surface area contributed by atoms with Crippen LogP contribution in [0.2, 0.25) is 0 Å². The van der Waals surface area contributed by atoms with Crippen LogP contribution in [0.1, 0.15) is 18.1 Å². The van der Waals surface area contributed by atoms with Gasteiger partial charge in [0.15, 0.2) is 0 Å². The van der Waals surface area contributed by atoms with Crippen LogP contribution in [0, 0.1) is 0 Å². The van der Waals surface area contributed by atoms with Gasteiger partial charge in [-0.05, 0) is 18.2 Å². The van der Waals surface area contributed by atoms with E-state index in [1.54, 1.807) is 0 Å². The van der Waals surface area contributed by atoms with Gasteiger partial charge >= 0.3 is 12.1 Å². The van der Waals surface area contributed by atoms with E-state index in [9.17, 15) is 18.0 Å². The van der Waals surface area contributed by atoms with Crippen molar-refractivity contribution in [1.29, 1.82) is 0 Å². The van der Waals surface area contributed by atoms with Crippen molar-refractivity contribution in [2.24, 2.45) is 0 Å². The average molecular weight is 297 g/mol. The first-order valence-corrected chi connectivity index (χ1v) is 5.09. The van der Waals surface area contributed by atoms with Gasteiger partial charge in [-0.2, -0.15) is 13.2 Å². The maximum atomic E-state index is 12.5. The van der Waals surface area contributed by atoms with E-state index in [0.717, 1.165) is 13.0 Å². The van der Waals surface area contributed by atoms with Crippen LogP contribution < -0.4 is 0 Å². The molecule has 0 unspecified atom stereocenters. The molecule has 1 aromatic carbocycles. The molecule has 0 saturated carbocycles. The third-order valence-electron chi connectivity index (χ3n) is 1.80. The van der Waals surface area contributed by atoms with Gasteiger partial charge in [-0.25, -0.2) is 0 Å². The summed E-state index contributed by atoms with van der Waals surface area (Å²) in [5.74, 6) is -0.617. The van der Waals surface area contributed by atoms with E-state index in [1.165, 1.54) is 12.1 Å². The van der Waals surface area contributed by atoms with Crippen LogP contribution in [0.15, 0.2) is 22.7 Å². The maximum absolute atomic E-state index is 12.5. The fraction of sp³-hybridized carbons (Fsp3) is 0.300. The molecule has 1 aromatic rings. The van der Waals surface area contributed by atoms with Crippen LogP contribution in [-0.2, 0) is 22.3 Å².